The number of benzene rings is 1. The van der Waals surface area contributed by atoms with Gasteiger partial charge < -0.3 is 9.88 Å². The van der Waals surface area contributed by atoms with Gasteiger partial charge in [-0.3, -0.25) is 4.79 Å². The summed E-state index contributed by atoms with van der Waals surface area (Å²) in [7, 11) is 1.54. The van der Waals surface area contributed by atoms with Crippen molar-refractivity contribution in [1.29, 1.82) is 5.26 Å². The normalized spacial score (nSPS) is 29.1. The molecule has 1 aromatic carbocycles. The van der Waals surface area contributed by atoms with Crippen LogP contribution in [0.5, 0.6) is 0 Å². The van der Waals surface area contributed by atoms with Crippen molar-refractivity contribution in [3.05, 3.63) is 58.4 Å². The molecule has 0 spiro atoms. The van der Waals surface area contributed by atoms with Crippen LogP contribution in [0.3, 0.4) is 0 Å². The molecule has 4 bridgehead atoms. The molecule has 1 N–H and O–H groups in total. The summed E-state index contributed by atoms with van der Waals surface area (Å²) in [5.74, 6) is 2.49. The largest absolute Gasteiger partial charge is 0.354 e. The van der Waals surface area contributed by atoms with E-state index in [0.29, 0.717) is 5.41 Å². The molecule has 4 nitrogen and oxygen atoms in total. The molecular weight excluding hydrogens is 382 g/mol. The van der Waals surface area contributed by atoms with Gasteiger partial charge in [-0.2, -0.15) is 5.26 Å². The first-order chi connectivity index (χ1) is 14.9. The van der Waals surface area contributed by atoms with Gasteiger partial charge in [-0.25, -0.2) is 0 Å². The maximum absolute atomic E-state index is 11.9. The first kappa shape index (κ1) is 20.1. The second kappa shape index (κ2) is 7.41. The van der Waals surface area contributed by atoms with Crippen LogP contribution in [0.2, 0.25) is 0 Å². The van der Waals surface area contributed by atoms with Crippen molar-refractivity contribution in [2.24, 2.45) is 17.8 Å². The van der Waals surface area contributed by atoms with Gasteiger partial charge in [0, 0.05) is 24.1 Å². The molecule has 2 aromatic rings. The Bertz CT molecular complexity index is 1060. The topological polar surface area (TPSA) is 57.8 Å². The van der Waals surface area contributed by atoms with E-state index >= 15 is 0 Å². The molecule has 4 fully saturated rings. The summed E-state index contributed by atoms with van der Waals surface area (Å²) in [6.07, 6.45) is 10.2. The SMILES string of the molecule is CNC(=O)/C(C#N)=C\c1cc(C)n(-c2ccc(C34CC5CC(CC(C5)C3)C4)cc2)c1C. The number of hydrogen-bond acceptors (Lipinski definition) is 2. The van der Waals surface area contributed by atoms with Crippen LogP contribution in [-0.4, -0.2) is 17.5 Å². The highest BCUT2D eigenvalue weighted by molar-refractivity contribution is 6.01. The van der Waals surface area contributed by atoms with Gasteiger partial charge >= 0.3 is 0 Å². The van der Waals surface area contributed by atoms with Crippen LogP contribution in [0.1, 0.15) is 61.0 Å². The van der Waals surface area contributed by atoms with Gasteiger partial charge in [0.15, 0.2) is 0 Å². The van der Waals surface area contributed by atoms with E-state index in [1.807, 2.05) is 19.1 Å². The van der Waals surface area contributed by atoms with Gasteiger partial charge in [-0.1, -0.05) is 12.1 Å². The molecule has 4 aliphatic rings. The molecule has 0 saturated heterocycles. The summed E-state index contributed by atoms with van der Waals surface area (Å²) in [4.78, 5) is 11.9. The van der Waals surface area contributed by atoms with E-state index in [2.05, 4.69) is 41.1 Å². The van der Waals surface area contributed by atoms with Gasteiger partial charge in [0.2, 0.25) is 0 Å². The summed E-state index contributed by atoms with van der Waals surface area (Å²) in [5, 5.41) is 11.9. The Morgan fingerprint density at radius 1 is 1.10 bits per heavy atom. The Hall–Kier alpha value is -2.80. The Morgan fingerprint density at radius 2 is 1.68 bits per heavy atom. The number of rotatable bonds is 4. The zero-order valence-corrected chi connectivity index (χ0v) is 18.7. The molecule has 4 aliphatic carbocycles. The van der Waals surface area contributed by atoms with E-state index in [4.69, 9.17) is 0 Å². The van der Waals surface area contributed by atoms with E-state index < -0.39 is 0 Å². The van der Waals surface area contributed by atoms with E-state index in [9.17, 15) is 10.1 Å². The maximum Gasteiger partial charge on any atom is 0.261 e. The van der Waals surface area contributed by atoms with Gasteiger partial charge in [-0.05, 0) is 111 Å². The summed E-state index contributed by atoms with van der Waals surface area (Å²) < 4.78 is 2.22. The highest BCUT2D eigenvalue weighted by Crippen LogP contribution is 2.60. The fourth-order valence-electron chi connectivity index (χ4n) is 7.20. The lowest BCUT2D eigenvalue weighted by atomic mass is 9.48. The third-order valence-corrected chi connectivity index (χ3v) is 8.14. The van der Waals surface area contributed by atoms with Crippen LogP contribution in [0.4, 0.5) is 0 Å². The zero-order chi connectivity index (χ0) is 21.8. The van der Waals surface area contributed by atoms with Gasteiger partial charge in [0.1, 0.15) is 11.6 Å². The average Bonchev–Trinajstić information content (AvgIpc) is 3.03. The van der Waals surface area contributed by atoms with Gasteiger partial charge in [0.05, 0.1) is 0 Å². The minimum Gasteiger partial charge on any atom is -0.354 e. The molecule has 4 heteroatoms. The van der Waals surface area contributed by atoms with Crippen molar-refractivity contribution in [2.75, 3.05) is 7.05 Å². The number of nitrogens with zero attached hydrogens (tertiary/aromatic N) is 2. The first-order valence-corrected chi connectivity index (χ1v) is 11.6. The van der Waals surface area contributed by atoms with Crippen molar-refractivity contribution < 1.29 is 4.79 Å². The first-order valence-electron chi connectivity index (χ1n) is 11.6. The highest BCUT2D eigenvalue weighted by atomic mass is 16.1. The molecule has 4 saturated carbocycles. The summed E-state index contributed by atoms with van der Waals surface area (Å²) >= 11 is 0. The van der Waals surface area contributed by atoms with Crippen LogP contribution in [-0.2, 0) is 10.2 Å². The fourth-order valence-corrected chi connectivity index (χ4v) is 7.20. The highest BCUT2D eigenvalue weighted by Gasteiger charge is 2.51. The number of nitriles is 1. The molecule has 1 heterocycles. The van der Waals surface area contributed by atoms with Crippen molar-refractivity contribution in [3.63, 3.8) is 0 Å². The molecule has 0 aliphatic heterocycles. The molecule has 31 heavy (non-hydrogen) atoms. The van der Waals surface area contributed by atoms with Crippen LogP contribution >= 0.6 is 0 Å². The average molecular weight is 414 g/mol. The van der Waals surface area contributed by atoms with E-state index in [1.165, 1.54) is 44.1 Å². The van der Waals surface area contributed by atoms with E-state index in [1.54, 1.807) is 13.1 Å². The maximum atomic E-state index is 11.9. The predicted octanol–water partition coefficient (Wildman–Crippen LogP) is 5.21. The summed E-state index contributed by atoms with van der Waals surface area (Å²) in [5.41, 5.74) is 6.25. The Kier molecular flexibility index (Phi) is 4.81. The molecule has 1 amide bonds. The number of nitrogens with one attached hydrogen (secondary N) is 1. The molecular formula is C27H31N3O. The number of carbonyl (C=O) groups excluding carboxylic acids is 1. The Morgan fingerprint density at radius 3 is 2.19 bits per heavy atom. The molecule has 6 rings (SSSR count). The molecule has 0 radical (unpaired) electrons. The number of hydrogen-bond donors (Lipinski definition) is 1. The van der Waals surface area contributed by atoms with Crippen molar-refractivity contribution in [2.45, 2.75) is 57.8 Å². The summed E-state index contributed by atoms with van der Waals surface area (Å²) in [6.45, 7) is 4.12. The number of likely N-dealkylation sites (N-methyl/N-ethyl adjacent to an activating group) is 1. The predicted molar refractivity (Wildman–Crippen MR) is 123 cm³/mol. The minimum atomic E-state index is -0.354. The third-order valence-electron chi connectivity index (χ3n) is 8.14. The summed E-state index contributed by atoms with van der Waals surface area (Å²) in [6, 6.07) is 13.3. The number of aromatic nitrogens is 1. The van der Waals surface area contributed by atoms with Crippen LogP contribution in [0.25, 0.3) is 11.8 Å². The zero-order valence-electron chi connectivity index (χ0n) is 18.7. The lowest BCUT2D eigenvalue weighted by Gasteiger charge is -2.57. The number of aryl methyl sites for hydroxylation is 1. The number of carbonyl (C=O) groups is 1. The lowest BCUT2D eigenvalue weighted by Crippen LogP contribution is -2.48. The second-order valence-corrected chi connectivity index (χ2v) is 10.2. The second-order valence-electron chi connectivity index (χ2n) is 10.2. The monoisotopic (exact) mass is 413 g/mol. The van der Waals surface area contributed by atoms with Crippen LogP contribution < -0.4 is 5.32 Å². The third kappa shape index (κ3) is 3.31. The van der Waals surface area contributed by atoms with Crippen molar-refractivity contribution in [1.82, 2.24) is 9.88 Å². The Labute approximate surface area is 185 Å². The smallest absolute Gasteiger partial charge is 0.261 e. The molecule has 1 aromatic heterocycles. The molecule has 0 atom stereocenters. The van der Waals surface area contributed by atoms with Gasteiger partial charge in [-0.15, -0.1) is 0 Å². The molecule has 160 valence electrons. The molecule has 0 unspecified atom stereocenters. The van der Waals surface area contributed by atoms with Gasteiger partial charge in [0.25, 0.3) is 5.91 Å². The van der Waals surface area contributed by atoms with Crippen LogP contribution in [0.15, 0.2) is 35.9 Å². The van der Waals surface area contributed by atoms with E-state index in [-0.39, 0.29) is 11.5 Å². The standard InChI is InChI=1S/C27H31N3O/c1-17-8-22(12-23(16-28)26(31)29-3)18(2)30(17)25-6-4-24(5-7-25)27-13-19-9-20(14-27)11-21(10-19)15-27/h4-8,12,19-21H,9-11,13-15H2,1-3H3,(H,29,31)/b23-12-. The van der Waals surface area contributed by atoms with E-state index in [0.717, 1.165) is 40.4 Å². The number of amides is 1. The Balaban J connectivity index is 1.46. The minimum absolute atomic E-state index is 0.125. The van der Waals surface area contributed by atoms with Crippen molar-refractivity contribution in [3.8, 4) is 11.8 Å². The fraction of sp³-hybridized carbons (Fsp3) is 0.481. The van der Waals surface area contributed by atoms with Crippen molar-refractivity contribution >= 4 is 12.0 Å². The quantitative estimate of drug-likeness (QED) is 0.552. The van der Waals surface area contributed by atoms with Crippen LogP contribution in [0, 0.1) is 42.9 Å². The lowest BCUT2D eigenvalue weighted by molar-refractivity contribution is -0.116.